The van der Waals surface area contributed by atoms with E-state index in [1.807, 2.05) is 30.5 Å². The van der Waals surface area contributed by atoms with Gasteiger partial charge in [-0.1, -0.05) is 0 Å². The molecule has 0 radical (unpaired) electrons. The number of tetrazole rings is 1. The van der Waals surface area contributed by atoms with E-state index >= 15 is 0 Å². The van der Waals surface area contributed by atoms with Crippen LogP contribution in [0.25, 0.3) is 5.57 Å². The number of rotatable bonds is 5. The van der Waals surface area contributed by atoms with Gasteiger partial charge in [-0.3, -0.25) is 0 Å². The van der Waals surface area contributed by atoms with Crippen LogP contribution in [0.2, 0.25) is 0 Å². The second-order valence-electron chi connectivity index (χ2n) is 3.62. The summed E-state index contributed by atoms with van der Waals surface area (Å²) in [7, 11) is 1.62. The molecule has 1 aromatic carbocycles. The first kappa shape index (κ1) is 13.9. The van der Waals surface area contributed by atoms with Gasteiger partial charge in [0.2, 0.25) is 5.82 Å². The van der Waals surface area contributed by atoms with E-state index in [-0.39, 0.29) is 11.4 Å². The van der Waals surface area contributed by atoms with Crippen LogP contribution in [-0.4, -0.2) is 34.0 Å². The Morgan fingerprint density at radius 3 is 3.00 bits per heavy atom. The summed E-state index contributed by atoms with van der Waals surface area (Å²) < 4.78 is 5.30. The highest BCUT2D eigenvalue weighted by atomic mass is 32.2. The fraction of sp³-hybridized carbons (Fsp3) is 0.167. The summed E-state index contributed by atoms with van der Waals surface area (Å²) >= 11 is 1.60. The summed E-state index contributed by atoms with van der Waals surface area (Å²) in [6.07, 6.45) is 3.51. The lowest BCUT2D eigenvalue weighted by Crippen LogP contribution is -1.94. The Hall–Kier alpha value is -2.53. The highest BCUT2D eigenvalue weighted by Gasteiger charge is 2.06. The van der Waals surface area contributed by atoms with Gasteiger partial charge < -0.3 is 10.1 Å². The Morgan fingerprint density at radius 1 is 1.55 bits per heavy atom. The summed E-state index contributed by atoms with van der Waals surface area (Å²) in [5, 5.41) is 25.3. The van der Waals surface area contributed by atoms with Crippen molar-refractivity contribution in [2.75, 3.05) is 18.7 Å². The molecule has 1 aromatic heterocycles. The maximum Gasteiger partial charge on any atom is 0.216 e. The third-order valence-electron chi connectivity index (χ3n) is 2.47. The number of methoxy groups -OCH3 is 1. The van der Waals surface area contributed by atoms with E-state index in [0.717, 1.165) is 16.3 Å². The Kier molecular flexibility index (Phi) is 4.57. The molecule has 2 aromatic rings. The van der Waals surface area contributed by atoms with Gasteiger partial charge in [-0.05, 0) is 23.6 Å². The van der Waals surface area contributed by atoms with Crippen LogP contribution in [-0.2, 0) is 0 Å². The predicted molar refractivity (Wildman–Crippen MR) is 76.2 cm³/mol. The number of H-pyrrole nitrogens is 1. The SMILES string of the molecule is COc1cc(NC=C(C#N)c2nn[nH]n2)ccc1SC. The molecule has 0 amide bonds. The molecule has 0 saturated carbocycles. The average molecular weight is 288 g/mol. The fourth-order valence-corrected chi connectivity index (χ4v) is 2.05. The zero-order valence-electron chi connectivity index (χ0n) is 10.9. The number of hydrogen-bond acceptors (Lipinski definition) is 7. The molecule has 0 unspecified atom stereocenters. The van der Waals surface area contributed by atoms with E-state index in [1.165, 1.54) is 6.20 Å². The first-order valence-electron chi connectivity index (χ1n) is 5.61. The summed E-state index contributed by atoms with van der Waals surface area (Å²) in [5.41, 5.74) is 1.09. The van der Waals surface area contributed by atoms with Crippen LogP contribution in [0.4, 0.5) is 5.69 Å². The lowest BCUT2D eigenvalue weighted by Gasteiger charge is -2.08. The van der Waals surface area contributed by atoms with E-state index in [2.05, 4.69) is 25.9 Å². The molecule has 0 aliphatic rings. The maximum absolute atomic E-state index is 9.05. The number of thioether (sulfide) groups is 1. The van der Waals surface area contributed by atoms with Crippen molar-refractivity contribution in [3.8, 4) is 11.8 Å². The van der Waals surface area contributed by atoms with Crippen molar-refractivity contribution in [3.63, 3.8) is 0 Å². The molecule has 0 atom stereocenters. The third-order valence-corrected chi connectivity index (χ3v) is 3.25. The normalized spacial score (nSPS) is 10.9. The molecule has 7 nitrogen and oxygen atoms in total. The highest BCUT2D eigenvalue weighted by Crippen LogP contribution is 2.30. The number of ether oxygens (including phenoxy) is 1. The van der Waals surface area contributed by atoms with Gasteiger partial charge in [-0.25, -0.2) is 0 Å². The zero-order valence-corrected chi connectivity index (χ0v) is 11.7. The number of nitrogens with zero attached hydrogens (tertiary/aromatic N) is 4. The third kappa shape index (κ3) is 3.07. The number of aromatic amines is 1. The Balaban J connectivity index is 2.20. The van der Waals surface area contributed by atoms with Crippen molar-refractivity contribution in [2.24, 2.45) is 0 Å². The number of hydrogen-bond donors (Lipinski definition) is 2. The molecule has 2 N–H and O–H groups in total. The van der Waals surface area contributed by atoms with Gasteiger partial charge in [0, 0.05) is 22.8 Å². The van der Waals surface area contributed by atoms with E-state index in [4.69, 9.17) is 10.00 Å². The van der Waals surface area contributed by atoms with Crippen molar-refractivity contribution in [2.45, 2.75) is 4.90 Å². The van der Waals surface area contributed by atoms with Crippen LogP contribution in [0.3, 0.4) is 0 Å². The van der Waals surface area contributed by atoms with Crippen LogP contribution in [0.5, 0.6) is 5.75 Å². The second kappa shape index (κ2) is 6.58. The molecular formula is C12H12N6OS. The number of nitrogens with one attached hydrogen (secondary N) is 2. The summed E-state index contributed by atoms with van der Waals surface area (Å²) in [6, 6.07) is 7.70. The number of benzene rings is 1. The molecule has 1 heterocycles. The van der Waals surface area contributed by atoms with Crippen LogP contribution in [0, 0.1) is 11.3 Å². The minimum Gasteiger partial charge on any atom is -0.496 e. The van der Waals surface area contributed by atoms with Crippen molar-refractivity contribution in [3.05, 3.63) is 30.2 Å². The van der Waals surface area contributed by atoms with Crippen LogP contribution in [0.15, 0.2) is 29.3 Å². The molecule has 0 aliphatic carbocycles. The summed E-state index contributed by atoms with van der Waals surface area (Å²) in [4.78, 5) is 1.04. The van der Waals surface area contributed by atoms with Gasteiger partial charge in [0.25, 0.3) is 0 Å². The standard InChI is InChI=1S/C12H12N6OS/c1-19-10-5-9(3-4-11(10)20-2)14-7-8(6-13)12-15-17-18-16-12/h3-5,7,14H,1-2H3,(H,15,16,17,18). The Bertz CT molecular complexity index is 646. The highest BCUT2D eigenvalue weighted by molar-refractivity contribution is 7.98. The van der Waals surface area contributed by atoms with Gasteiger partial charge in [-0.15, -0.1) is 22.0 Å². The fourth-order valence-electron chi connectivity index (χ4n) is 1.50. The summed E-state index contributed by atoms with van der Waals surface area (Å²) in [5.74, 6) is 1.02. The van der Waals surface area contributed by atoms with Crippen molar-refractivity contribution in [1.29, 1.82) is 5.26 Å². The molecular weight excluding hydrogens is 276 g/mol. The van der Waals surface area contributed by atoms with Gasteiger partial charge in [0.1, 0.15) is 17.4 Å². The minimum absolute atomic E-state index is 0.243. The molecule has 0 fully saturated rings. The lowest BCUT2D eigenvalue weighted by molar-refractivity contribution is 0.405. The Labute approximate surface area is 120 Å². The second-order valence-corrected chi connectivity index (χ2v) is 4.47. The first-order chi connectivity index (χ1) is 9.78. The van der Waals surface area contributed by atoms with Gasteiger partial charge in [0.15, 0.2) is 0 Å². The molecule has 2 rings (SSSR count). The topological polar surface area (TPSA) is 99.5 Å². The molecule has 8 heteroatoms. The molecule has 0 bridgehead atoms. The summed E-state index contributed by atoms with van der Waals surface area (Å²) in [6.45, 7) is 0. The average Bonchev–Trinajstić information content (AvgIpc) is 3.02. The zero-order chi connectivity index (χ0) is 14.4. The Morgan fingerprint density at radius 2 is 2.40 bits per heavy atom. The van der Waals surface area contributed by atoms with Crippen molar-refractivity contribution in [1.82, 2.24) is 20.6 Å². The van der Waals surface area contributed by atoms with Crippen molar-refractivity contribution < 1.29 is 4.74 Å². The number of allylic oxidation sites excluding steroid dienone is 1. The van der Waals surface area contributed by atoms with E-state index in [9.17, 15) is 0 Å². The van der Waals surface area contributed by atoms with Gasteiger partial charge in [-0.2, -0.15) is 10.5 Å². The lowest BCUT2D eigenvalue weighted by atomic mass is 10.2. The van der Waals surface area contributed by atoms with E-state index in [1.54, 1.807) is 18.9 Å². The monoisotopic (exact) mass is 288 g/mol. The largest absolute Gasteiger partial charge is 0.496 e. The predicted octanol–water partition coefficient (Wildman–Crippen LogP) is 1.91. The van der Waals surface area contributed by atoms with Gasteiger partial charge in [0.05, 0.1) is 7.11 Å². The van der Waals surface area contributed by atoms with Crippen LogP contribution in [0.1, 0.15) is 5.82 Å². The molecule has 0 aliphatic heterocycles. The van der Waals surface area contributed by atoms with Crippen LogP contribution < -0.4 is 10.1 Å². The first-order valence-corrected chi connectivity index (χ1v) is 6.83. The van der Waals surface area contributed by atoms with E-state index in [0.29, 0.717) is 0 Å². The molecule has 0 spiro atoms. The van der Waals surface area contributed by atoms with Crippen LogP contribution >= 0.6 is 11.8 Å². The molecule has 102 valence electrons. The molecule has 0 saturated heterocycles. The maximum atomic E-state index is 9.05. The molecule has 20 heavy (non-hydrogen) atoms. The quantitative estimate of drug-likeness (QED) is 0.640. The minimum atomic E-state index is 0.243. The van der Waals surface area contributed by atoms with Crippen molar-refractivity contribution >= 4 is 23.0 Å². The van der Waals surface area contributed by atoms with Gasteiger partial charge >= 0.3 is 0 Å². The van der Waals surface area contributed by atoms with E-state index < -0.39 is 0 Å². The smallest absolute Gasteiger partial charge is 0.216 e. The number of nitriles is 1. The number of anilines is 1. The number of aromatic nitrogens is 4.